The van der Waals surface area contributed by atoms with E-state index in [0.29, 0.717) is 6.04 Å². The first-order valence-electron chi connectivity index (χ1n) is 5.60. The maximum absolute atomic E-state index is 5.43. The van der Waals surface area contributed by atoms with Gasteiger partial charge in [0.05, 0.1) is 0 Å². The Hall–Kier alpha value is -0.380. The van der Waals surface area contributed by atoms with Gasteiger partial charge in [-0.25, -0.2) is 0 Å². The Kier molecular flexibility index (Phi) is 3.78. The second-order valence-corrected chi connectivity index (χ2v) is 5.22. The zero-order valence-electron chi connectivity index (χ0n) is 9.45. The third kappa shape index (κ3) is 2.60. The van der Waals surface area contributed by atoms with Crippen molar-refractivity contribution < 1.29 is 4.74 Å². The van der Waals surface area contributed by atoms with E-state index < -0.39 is 0 Å². The van der Waals surface area contributed by atoms with Gasteiger partial charge >= 0.3 is 0 Å². The molecule has 1 aromatic heterocycles. The van der Waals surface area contributed by atoms with Gasteiger partial charge in [0.1, 0.15) is 0 Å². The van der Waals surface area contributed by atoms with Crippen molar-refractivity contribution >= 4 is 11.3 Å². The van der Waals surface area contributed by atoms with E-state index in [1.165, 1.54) is 23.3 Å². The summed E-state index contributed by atoms with van der Waals surface area (Å²) in [5.74, 6) is 0.740. The predicted molar refractivity (Wildman–Crippen MR) is 64.4 cm³/mol. The zero-order chi connectivity index (χ0) is 10.7. The van der Waals surface area contributed by atoms with Crippen LogP contribution in [0.1, 0.15) is 29.3 Å². The van der Waals surface area contributed by atoms with E-state index in [2.05, 4.69) is 30.7 Å². The fourth-order valence-corrected chi connectivity index (χ4v) is 3.25. The Labute approximate surface area is 95.6 Å². The molecule has 2 nitrogen and oxygen atoms in total. The van der Waals surface area contributed by atoms with Crippen molar-refractivity contribution in [3.05, 3.63) is 21.9 Å². The molecule has 2 heterocycles. The maximum Gasteiger partial charge on any atom is 0.0495 e. The van der Waals surface area contributed by atoms with Crippen molar-refractivity contribution in [2.75, 3.05) is 20.3 Å². The Morgan fingerprint density at radius 1 is 1.67 bits per heavy atom. The molecule has 84 valence electrons. The van der Waals surface area contributed by atoms with Crippen LogP contribution in [0.5, 0.6) is 0 Å². The van der Waals surface area contributed by atoms with Crippen LogP contribution in [-0.2, 0) is 4.74 Å². The second kappa shape index (κ2) is 5.10. The number of ether oxygens (including phenoxy) is 1. The fraction of sp³-hybridized carbons (Fsp3) is 0.667. The summed E-state index contributed by atoms with van der Waals surface area (Å²) in [6, 6.07) is 2.71. The van der Waals surface area contributed by atoms with Crippen molar-refractivity contribution in [1.29, 1.82) is 0 Å². The Balaban J connectivity index is 2.00. The molecule has 0 amide bonds. The van der Waals surface area contributed by atoms with Crippen LogP contribution in [0.15, 0.2) is 11.4 Å². The molecule has 1 aliphatic heterocycles. The van der Waals surface area contributed by atoms with Gasteiger partial charge in [0, 0.05) is 24.1 Å². The van der Waals surface area contributed by atoms with E-state index in [0.717, 1.165) is 19.1 Å². The second-order valence-electron chi connectivity index (χ2n) is 4.27. The molecule has 2 atom stereocenters. The summed E-state index contributed by atoms with van der Waals surface area (Å²) in [6.45, 7) is 4.09. The normalized spacial score (nSPS) is 23.2. The van der Waals surface area contributed by atoms with Gasteiger partial charge in [0.25, 0.3) is 0 Å². The molecule has 3 heteroatoms. The average Bonchev–Trinajstić information content (AvgIpc) is 2.85. The quantitative estimate of drug-likeness (QED) is 0.850. The van der Waals surface area contributed by atoms with Gasteiger partial charge in [0.15, 0.2) is 0 Å². The minimum Gasteiger partial charge on any atom is -0.381 e. The Morgan fingerprint density at radius 3 is 3.07 bits per heavy atom. The third-order valence-electron chi connectivity index (χ3n) is 3.16. The molecular formula is C12H19NOS. The van der Waals surface area contributed by atoms with Crippen LogP contribution in [0.25, 0.3) is 0 Å². The Morgan fingerprint density at radius 2 is 2.53 bits per heavy atom. The van der Waals surface area contributed by atoms with E-state index in [-0.39, 0.29) is 0 Å². The summed E-state index contributed by atoms with van der Waals surface area (Å²) in [4.78, 5) is 1.49. The summed E-state index contributed by atoms with van der Waals surface area (Å²) >= 11 is 1.86. The number of thiophene rings is 1. The van der Waals surface area contributed by atoms with E-state index in [9.17, 15) is 0 Å². The monoisotopic (exact) mass is 225 g/mol. The highest BCUT2D eigenvalue weighted by Gasteiger charge is 2.22. The van der Waals surface area contributed by atoms with Crippen molar-refractivity contribution in [2.24, 2.45) is 5.92 Å². The fourth-order valence-electron chi connectivity index (χ4n) is 2.20. The van der Waals surface area contributed by atoms with Crippen LogP contribution in [0.2, 0.25) is 0 Å². The van der Waals surface area contributed by atoms with Gasteiger partial charge in [-0.2, -0.15) is 0 Å². The van der Waals surface area contributed by atoms with Gasteiger partial charge in [0.2, 0.25) is 0 Å². The molecule has 2 unspecified atom stereocenters. The molecule has 1 saturated heterocycles. The molecule has 1 fully saturated rings. The molecule has 0 saturated carbocycles. The van der Waals surface area contributed by atoms with Gasteiger partial charge in [-0.1, -0.05) is 0 Å². The first-order chi connectivity index (χ1) is 7.31. The van der Waals surface area contributed by atoms with Crippen molar-refractivity contribution in [1.82, 2.24) is 5.32 Å². The highest BCUT2D eigenvalue weighted by Crippen LogP contribution is 2.31. The third-order valence-corrected chi connectivity index (χ3v) is 4.29. The van der Waals surface area contributed by atoms with Crippen molar-refractivity contribution in [2.45, 2.75) is 25.8 Å². The highest BCUT2D eigenvalue weighted by atomic mass is 32.1. The molecule has 0 spiro atoms. The first kappa shape index (κ1) is 11.1. The lowest BCUT2D eigenvalue weighted by Crippen LogP contribution is -2.19. The van der Waals surface area contributed by atoms with Crippen LogP contribution >= 0.6 is 11.3 Å². The van der Waals surface area contributed by atoms with Crippen LogP contribution in [0, 0.1) is 12.8 Å². The first-order valence-corrected chi connectivity index (χ1v) is 6.48. The van der Waals surface area contributed by atoms with Crippen LogP contribution in [0.4, 0.5) is 0 Å². The molecule has 1 aromatic rings. The van der Waals surface area contributed by atoms with Crippen LogP contribution in [0.3, 0.4) is 0 Å². The topological polar surface area (TPSA) is 21.3 Å². The summed E-state index contributed by atoms with van der Waals surface area (Å²) < 4.78 is 5.43. The molecule has 1 N–H and O–H groups in total. The van der Waals surface area contributed by atoms with Crippen molar-refractivity contribution in [3.8, 4) is 0 Å². The summed E-state index contributed by atoms with van der Waals surface area (Å²) in [5.41, 5.74) is 1.42. The number of hydrogen-bond acceptors (Lipinski definition) is 3. The molecule has 0 bridgehead atoms. The minimum atomic E-state index is 0.511. The van der Waals surface area contributed by atoms with E-state index in [1.54, 1.807) is 0 Å². The summed E-state index contributed by atoms with van der Waals surface area (Å²) in [6.07, 6.45) is 2.43. The summed E-state index contributed by atoms with van der Waals surface area (Å²) in [5, 5.41) is 5.61. The van der Waals surface area contributed by atoms with Crippen LogP contribution in [-0.4, -0.2) is 20.3 Å². The summed E-state index contributed by atoms with van der Waals surface area (Å²) in [7, 11) is 2.06. The SMILES string of the molecule is CNC(CC1CCOC1)c1sccc1C. The molecule has 0 aliphatic carbocycles. The lowest BCUT2D eigenvalue weighted by Gasteiger charge is -2.19. The van der Waals surface area contributed by atoms with E-state index in [1.807, 2.05) is 11.3 Å². The molecule has 2 rings (SSSR count). The standard InChI is InChI=1S/C12H19NOS/c1-9-4-6-15-12(9)11(13-2)7-10-3-5-14-8-10/h4,6,10-11,13H,3,5,7-8H2,1-2H3. The smallest absolute Gasteiger partial charge is 0.0495 e. The minimum absolute atomic E-state index is 0.511. The number of nitrogens with one attached hydrogen (secondary N) is 1. The van der Waals surface area contributed by atoms with E-state index in [4.69, 9.17) is 4.74 Å². The van der Waals surface area contributed by atoms with Gasteiger partial charge in [-0.05, 0) is 49.7 Å². The molecule has 0 radical (unpaired) electrons. The molecule has 15 heavy (non-hydrogen) atoms. The highest BCUT2D eigenvalue weighted by molar-refractivity contribution is 7.10. The number of rotatable bonds is 4. The molecule has 1 aliphatic rings. The zero-order valence-corrected chi connectivity index (χ0v) is 10.3. The molecular weight excluding hydrogens is 206 g/mol. The van der Waals surface area contributed by atoms with Gasteiger partial charge in [-0.15, -0.1) is 11.3 Å². The lowest BCUT2D eigenvalue weighted by molar-refractivity contribution is 0.182. The average molecular weight is 225 g/mol. The van der Waals surface area contributed by atoms with Crippen molar-refractivity contribution in [3.63, 3.8) is 0 Å². The Bertz CT molecular complexity index is 304. The van der Waals surface area contributed by atoms with Crippen LogP contribution < -0.4 is 5.32 Å². The predicted octanol–water partition coefficient (Wildman–Crippen LogP) is 2.74. The van der Waals surface area contributed by atoms with Gasteiger partial charge < -0.3 is 10.1 Å². The van der Waals surface area contributed by atoms with E-state index >= 15 is 0 Å². The lowest BCUT2D eigenvalue weighted by atomic mass is 9.97. The molecule has 0 aromatic carbocycles. The number of aryl methyl sites for hydroxylation is 1. The largest absolute Gasteiger partial charge is 0.381 e. The maximum atomic E-state index is 5.43. The van der Waals surface area contributed by atoms with Gasteiger partial charge in [-0.3, -0.25) is 0 Å². The number of hydrogen-bond donors (Lipinski definition) is 1.